The van der Waals surface area contributed by atoms with Gasteiger partial charge in [-0.25, -0.2) is 0 Å². The molecule has 0 rings (SSSR count). The van der Waals surface area contributed by atoms with Gasteiger partial charge in [-0.3, -0.25) is 0 Å². The van der Waals surface area contributed by atoms with Crippen LogP contribution in [0, 0.1) is 5.92 Å². The molecule has 0 spiro atoms. The predicted octanol–water partition coefficient (Wildman–Crippen LogP) is 2.99. The van der Waals surface area contributed by atoms with E-state index in [-0.39, 0.29) is 0 Å². The smallest absolute Gasteiger partial charge is 0.0622 e. The van der Waals surface area contributed by atoms with Crippen molar-refractivity contribution >= 4 is 0 Å². The normalized spacial score (nSPS) is 15.3. The summed E-state index contributed by atoms with van der Waals surface area (Å²) in [5.74, 6) is 0.614. The Labute approximate surface area is 95.1 Å². The second-order valence-corrected chi connectivity index (χ2v) is 4.44. The van der Waals surface area contributed by atoms with Crippen LogP contribution in [-0.4, -0.2) is 25.3 Å². The van der Waals surface area contributed by atoms with Crippen molar-refractivity contribution in [1.82, 2.24) is 5.32 Å². The maximum absolute atomic E-state index is 5.48. The zero-order valence-corrected chi connectivity index (χ0v) is 10.8. The van der Waals surface area contributed by atoms with Gasteiger partial charge >= 0.3 is 0 Å². The van der Waals surface area contributed by atoms with Gasteiger partial charge in [0.2, 0.25) is 0 Å². The minimum absolute atomic E-state index is 0.463. The molecule has 0 aromatic heterocycles. The first-order valence-corrected chi connectivity index (χ1v) is 6.06. The molecule has 0 bridgehead atoms. The number of rotatable bonds is 9. The Bertz CT molecular complexity index is 157. The molecule has 0 saturated heterocycles. The summed E-state index contributed by atoms with van der Waals surface area (Å²) in [5.41, 5.74) is 0. The minimum atomic E-state index is 0.463. The minimum Gasteiger partial charge on any atom is -0.380 e. The largest absolute Gasteiger partial charge is 0.380 e. The van der Waals surface area contributed by atoms with Crippen molar-refractivity contribution in [1.29, 1.82) is 0 Å². The fourth-order valence-corrected chi connectivity index (χ4v) is 1.49. The van der Waals surface area contributed by atoms with Gasteiger partial charge in [-0.05, 0) is 32.6 Å². The summed E-state index contributed by atoms with van der Waals surface area (Å²) in [7, 11) is 0. The second kappa shape index (κ2) is 8.93. The van der Waals surface area contributed by atoms with Gasteiger partial charge in [0.1, 0.15) is 0 Å². The van der Waals surface area contributed by atoms with Crippen molar-refractivity contribution in [3.8, 4) is 0 Å². The van der Waals surface area contributed by atoms with Gasteiger partial charge in [0.25, 0.3) is 0 Å². The second-order valence-electron chi connectivity index (χ2n) is 4.44. The number of ether oxygens (including phenoxy) is 1. The van der Waals surface area contributed by atoms with Gasteiger partial charge in [0.15, 0.2) is 0 Å². The van der Waals surface area contributed by atoms with Gasteiger partial charge in [-0.1, -0.05) is 19.9 Å². The van der Waals surface area contributed by atoms with Gasteiger partial charge in [-0.2, -0.15) is 0 Å². The van der Waals surface area contributed by atoms with Gasteiger partial charge in [0, 0.05) is 18.7 Å². The van der Waals surface area contributed by atoms with Crippen molar-refractivity contribution in [2.45, 2.75) is 52.6 Å². The standard InChI is InChI=1S/C13H27NO/c1-6-8-9-12(5)14-13(11(3)4)10-15-7-2/h6,11-14H,1,7-10H2,2-5H3. The lowest BCUT2D eigenvalue weighted by Gasteiger charge is -2.26. The van der Waals surface area contributed by atoms with E-state index in [1.165, 1.54) is 0 Å². The molecule has 0 radical (unpaired) electrons. The summed E-state index contributed by atoms with van der Waals surface area (Å²) in [6, 6.07) is 1.00. The summed E-state index contributed by atoms with van der Waals surface area (Å²) >= 11 is 0. The summed E-state index contributed by atoms with van der Waals surface area (Å²) in [6.45, 7) is 14.1. The van der Waals surface area contributed by atoms with Crippen molar-refractivity contribution in [3.05, 3.63) is 12.7 Å². The molecule has 0 heterocycles. The maximum Gasteiger partial charge on any atom is 0.0622 e. The van der Waals surface area contributed by atoms with E-state index in [4.69, 9.17) is 4.74 Å². The van der Waals surface area contributed by atoms with Crippen LogP contribution in [0.1, 0.15) is 40.5 Å². The molecule has 0 fully saturated rings. The molecule has 2 heteroatoms. The summed E-state index contributed by atoms with van der Waals surface area (Å²) in [6.07, 6.45) is 4.21. The number of nitrogens with one attached hydrogen (secondary N) is 1. The lowest BCUT2D eigenvalue weighted by Crippen LogP contribution is -2.43. The molecule has 0 aliphatic rings. The highest BCUT2D eigenvalue weighted by atomic mass is 16.5. The number of allylic oxidation sites excluding steroid dienone is 1. The first-order chi connectivity index (χ1) is 7.11. The van der Waals surface area contributed by atoms with E-state index >= 15 is 0 Å². The van der Waals surface area contributed by atoms with Crippen LogP contribution < -0.4 is 5.32 Å². The fourth-order valence-electron chi connectivity index (χ4n) is 1.49. The molecular weight excluding hydrogens is 186 g/mol. The lowest BCUT2D eigenvalue weighted by molar-refractivity contribution is 0.104. The Morgan fingerprint density at radius 2 is 2.00 bits per heavy atom. The van der Waals surface area contributed by atoms with E-state index in [0.717, 1.165) is 26.1 Å². The van der Waals surface area contributed by atoms with Crippen LogP contribution in [0.2, 0.25) is 0 Å². The van der Waals surface area contributed by atoms with E-state index in [0.29, 0.717) is 18.0 Å². The Balaban J connectivity index is 3.86. The fraction of sp³-hybridized carbons (Fsp3) is 0.846. The molecular formula is C13H27NO. The first-order valence-electron chi connectivity index (χ1n) is 6.06. The molecule has 2 nitrogen and oxygen atoms in total. The molecule has 1 N–H and O–H groups in total. The number of hydrogen-bond acceptors (Lipinski definition) is 2. The average molecular weight is 213 g/mol. The third kappa shape index (κ3) is 7.57. The predicted molar refractivity (Wildman–Crippen MR) is 67.1 cm³/mol. The average Bonchev–Trinajstić information content (AvgIpc) is 2.20. The topological polar surface area (TPSA) is 21.3 Å². The summed E-state index contributed by atoms with van der Waals surface area (Å²) in [5, 5.41) is 3.61. The van der Waals surface area contributed by atoms with E-state index in [1.54, 1.807) is 0 Å². The van der Waals surface area contributed by atoms with Crippen LogP contribution in [-0.2, 0) is 4.74 Å². The van der Waals surface area contributed by atoms with E-state index in [9.17, 15) is 0 Å². The van der Waals surface area contributed by atoms with Crippen molar-refractivity contribution in [2.75, 3.05) is 13.2 Å². The van der Waals surface area contributed by atoms with Crippen molar-refractivity contribution < 1.29 is 4.74 Å². The van der Waals surface area contributed by atoms with Gasteiger partial charge < -0.3 is 10.1 Å². The molecule has 2 atom stereocenters. The molecule has 0 aromatic rings. The highest BCUT2D eigenvalue weighted by Crippen LogP contribution is 2.06. The summed E-state index contributed by atoms with van der Waals surface area (Å²) in [4.78, 5) is 0. The summed E-state index contributed by atoms with van der Waals surface area (Å²) < 4.78 is 5.48. The van der Waals surface area contributed by atoms with Crippen LogP contribution in [0.5, 0.6) is 0 Å². The Hall–Kier alpha value is -0.340. The monoisotopic (exact) mass is 213 g/mol. The third-order valence-corrected chi connectivity index (χ3v) is 2.61. The highest BCUT2D eigenvalue weighted by Gasteiger charge is 2.15. The Kier molecular flexibility index (Phi) is 8.73. The molecule has 2 unspecified atom stereocenters. The lowest BCUT2D eigenvalue weighted by atomic mass is 10.0. The zero-order valence-electron chi connectivity index (χ0n) is 10.8. The quantitative estimate of drug-likeness (QED) is 0.595. The third-order valence-electron chi connectivity index (χ3n) is 2.61. The first kappa shape index (κ1) is 14.7. The number of hydrogen-bond donors (Lipinski definition) is 1. The molecule has 0 aliphatic carbocycles. The van der Waals surface area contributed by atoms with E-state index < -0.39 is 0 Å². The van der Waals surface area contributed by atoms with Gasteiger partial charge in [0.05, 0.1) is 6.61 Å². The molecule has 0 aromatic carbocycles. The Morgan fingerprint density at radius 1 is 1.33 bits per heavy atom. The maximum atomic E-state index is 5.48. The van der Waals surface area contributed by atoms with Crippen LogP contribution in [0.3, 0.4) is 0 Å². The van der Waals surface area contributed by atoms with Crippen molar-refractivity contribution in [3.63, 3.8) is 0 Å². The molecule has 15 heavy (non-hydrogen) atoms. The molecule has 90 valence electrons. The van der Waals surface area contributed by atoms with E-state index in [1.807, 2.05) is 13.0 Å². The highest BCUT2D eigenvalue weighted by molar-refractivity contribution is 4.77. The van der Waals surface area contributed by atoms with Crippen LogP contribution in [0.15, 0.2) is 12.7 Å². The van der Waals surface area contributed by atoms with Crippen molar-refractivity contribution in [2.24, 2.45) is 5.92 Å². The van der Waals surface area contributed by atoms with E-state index in [2.05, 4.69) is 32.7 Å². The molecule has 0 amide bonds. The van der Waals surface area contributed by atoms with Crippen LogP contribution in [0.4, 0.5) is 0 Å². The van der Waals surface area contributed by atoms with Crippen LogP contribution >= 0.6 is 0 Å². The van der Waals surface area contributed by atoms with Crippen LogP contribution in [0.25, 0.3) is 0 Å². The Morgan fingerprint density at radius 3 is 2.47 bits per heavy atom. The molecule has 0 aliphatic heterocycles. The SMILES string of the molecule is C=CCCC(C)NC(COCC)C(C)C. The van der Waals surface area contributed by atoms with Gasteiger partial charge in [-0.15, -0.1) is 6.58 Å². The molecule has 0 saturated carbocycles. The zero-order chi connectivity index (χ0) is 11.7.